The number of hydrogen-bond donors (Lipinski definition) is 2. The van der Waals surface area contributed by atoms with Gasteiger partial charge in [0.1, 0.15) is 11.2 Å². The van der Waals surface area contributed by atoms with E-state index in [1.54, 1.807) is 12.3 Å². The number of carboxylic acid groups (broad SMARTS) is 1. The zero-order valence-electron chi connectivity index (χ0n) is 9.88. The molecule has 0 aliphatic rings. The van der Waals surface area contributed by atoms with Crippen LogP contribution in [0.15, 0.2) is 24.7 Å². The van der Waals surface area contributed by atoms with Crippen molar-refractivity contribution in [1.82, 2.24) is 15.3 Å². The van der Waals surface area contributed by atoms with Crippen LogP contribution in [0.3, 0.4) is 0 Å². The van der Waals surface area contributed by atoms with Gasteiger partial charge in [-0.2, -0.15) is 0 Å². The summed E-state index contributed by atoms with van der Waals surface area (Å²) in [6, 6.07) is 3.56. The van der Waals surface area contributed by atoms with Gasteiger partial charge in [0.2, 0.25) is 0 Å². The average molecular weight is 263 g/mol. The van der Waals surface area contributed by atoms with Crippen LogP contribution in [0, 0.1) is 6.92 Å². The first-order valence-corrected chi connectivity index (χ1v) is 6.26. The van der Waals surface area contributed by atoms with Crippen LogP contribution in [0.4, 0.5) is 0 Å². The van der Waals surface area contributed by atoms with E-state index in [1.165, 1.54) is 17.7 Å². The lowest BCUT2D eigenvalue weighted by molar-refractivity contribution is 0.0702. The smallest absolute Gasteiger partial charge is 0.345 e. The van der Waals surface area contributed by atoms with Crippen molar-refractivity contribution in [3.63, 3.8) is 0 Å². The molecule has 18 heavy (non-hydrogen) atoms. The summed E-state index contributed by atoms with van der Waals surface area (Å²) in [5, 5.41) is 12.1. The van der Waals surface area contributed by atoms with E-state index in [4.69, 9.17) is 5.11 Å². The first kappa shape index (κ1) is 12.7. The molecule has 0 unspecified atom stereocenters. The van der Waals surface area contributed by atoms with Crippen molar-refractivity contribution in [2.24, 2.45) is 0 Å². The minimum absolute atomic E-state index is 0.381. The molecule has 0 saturated carbocycles. The van der Waals surface area contributed by atoms with Gasteiger partial charge in [-0.25, -0.2) is 14.8 Å². The molecule has 0 amide bonds. The lowest BCUT2D eigenvalue weighted by Crippen LogP contribution is -2.13. The molecular weight excluding hydrogens is 250 g/mol. The van der Waals surface area contributed by atoms with Crippen LogP contribution in [-0.4, -0.2) is 21.0 Å². The molecule has 94 valence electrons. The van der Waals surface area contributed by atoms with Gasteiger partial charge in [-0.05, 0) is 24.6 Å². The number of carboxylic acids is 1. The highest BCUT2D eigenvalue weighted by atomic mass is 32.1. The van der Waals surface area contributed by atoms with Crippen molar-refractivity contribution in [3.8, 4) is 0 Å². The number of hydrogen-bond acceptors (Lipinski definition) is 5. The third-order valence-electron chi connectivity index (χ3n) is 2.50. The zero-order chi connectivity index (χ0) is 13.0. The predicted molar refractivity (Wildman–Crippen MR) is 68.6 cm³/mol. The van der Waals surface area contributed by atoms with E-state index in [-0.39, 0.29) is 0 Å². The van der Waals surface area contributed by atoms with Gasteiger partial charge in [0.05, 0.1) is 5.69 Å². The summed E-state index contributed by atoms with van der Waals surface area (Å²) in [4.78, 5) is 20.2. The molecule has 0 aliphatic heterocycles. The molecule has 0 aliphatic carbocycles. The third kappa shape index (κ3) is 3.12. The monoisotopic (exact) mass is 263 g/mol. The molecule has 0 saturated heterocycles. The Labute approximate surface area is 109 Å². The van der Waals surface area contributed by atoms with Gasteiger partial charge in [-0.15, -0.1) is 11.3 Å². The summed E-state index contributed by atoms with van der Waals surface area (Å²) in [6.45, 7) is 3.21. The largest absolute Gasteiger partial charge is 0.477 e. The van der Waals surface area contributed by atoms with E-state index in [2.05, 4.69) is 15.3 Å². The summed E-state index contributed by atoms with van der Waals surface area (Å²) in [6.07, 6.45) is 3.21. The SMILES string of the molecule is Cc1sc(C(=O)O)cc1CNCc1ccncn1. The predicted octanol–water partition coefficient (Wildman–Crippen LogP) is 1.83. The van der Waals surface area contributed by atoms with E-state index in [9.17, 15) is 4.79 Å². The minimum atomic E-state index is -0.870. The normalized spacial score (nSPS) is 10.5. The maximum atomic E-state index is 10.8. The Morgan fingerprint density at radius 2 is 2.33 bits per heavy atom. The molecule has 0 fully saturated rings. The van der Waals surface area contributed by atoms with Crippen molar-refractivity contribution in [3.05, 3.63) is 45.7 Å². The van der Waals surface area contributed by atoms with Crippen LogP contribution < -0.4 is 5.32 Å². The van der Waals surface area contributed by atoms with Gasteiger partial charge in [0, 0.05) is 24.2 Å². The summed E-state index contributed by atoms with van der Waals surface area (Å²) in [7, 11) is 0. The van der Waals surface area contributed by atoms with Crippen LogP contribution in [0.2, 0.25) is 0 Å². The fourth-order valence-corrected chi connectivity index (χ4v) is 2.43. The topological polar surface area (TPSA) is 75.1 Å². The van der Waals surface area contributed by atoms with E-state index < -0.39 is 5.97 Å². The number of rotatable bonds is 5. The van der Waals surface area contributed by atoms with Gasteiger partial charge in [-0.1, -0.05) is 0 Å². The second-order valence-corrected chi connectivity index (χ2v) is 5.06. The van der Waals surface area contributed by atoms with Crippen LogP contribution in [0.5, 0.6) is 0 Å². The number of nitrogens with one attached hydrogen (secondary N) is 1. The molecule has 6 heteroatoms. The zero-order valence-corrected chi connectivity index (χ0v) is 10.7. The summed E-state index contributed by atoms with van der Waals surface area (Å²) in [5.74, 6) is -0.870. The maximum absolute atomic E-state index is 10.8. The molecular formula is C12H13N3O2S. The number of aryl methyl sites for hydroxylation is 1. The highest BCUT2D eigenvalue weighted by Gasteiger charge is 2.10. The number of thiophene rings is 1. The van der Waals surface area contributed by atoms with E-state index in [0.29, 0.717) is 18.0 Å². The molecule has 5 nitrogen and oxygen atoms in total. The summed E-state index contributed by atoms with van der Waals surface area (Å²) >= 11 is 1.30. The molecule has 2 aromatic heterocycles. The maximum Gasteiger partial charge on any atom is 0.345 e. The fourth-order valence-electron chi connectivity index (χ4n) is 1.55. The standard InChI is InChI=1S/C12H13N3O2S/c1-8-9(4-11(18-8)12(16)17)5-14-6-10-2-3-13-7-15-10/h2-4,7,14H,5-6H2,1H3,(H,16,17). The Hall–Kier alpha value is -1.79. The summed E-state index contributed by atoms with van der Waals surface area (Å²) in [5.41, 5.74) is 1.93. The van der Waals surface area contributed by atoms with Crippen molar-refractivity contribution in [2.75, 3.05) is 0 Å². The van der Waals surface area contributed by atoms with Gasteiger partial charge in [0.25, 0.3) is 0 Å². The van der Waals surface area contributed by atoms with Gasteiger partial charge in [-0.3, -0.25) is 0 Å². The Morgan fingerprint density at radius 1 is 1.50 bits per heavy atom. The number of aromatic carboxylic acids is 1. The number of nitrogens with zero attached hydrogens (tertiary/aromatic N) is 2. The summed E-state index contributed by atoms with van der Waals surface area (Å²) < 4.78 is 0. The first-order chi connectivity index (χ1) is 8.66. The Kier molecular flexibility index (Phi) is 4.01. The molecule has 0 atom stereocenters. The second kappa shape index (κ2) is 5.70. The minimum Gasteiger partial charge on any atom is -0.477 e. The van der Waals surface area contributed by atoms with Crippen molar-refractivity contribution < 1.29 is 9.90 Å². The van der Waals surface area contributed by atoms with Crippen LogP contribution in [0.1, 0.15) is 25.8 Å². The quantitative estimate of drug-likeness (QED) is 0.860. The molecule has 0 radical (unpaired) electrons. The molecule has 2 aromatic rings. The molecule has 0 aromatic carbocycles. The number of aromatic nitrogens is 2. The van der Waals surface area contributed by atoms with Gasteiger partial charge >= 0.3 is 5.97 Å². The van der Waals surface area contributed by atoms with Crippen LogP contribution >= 0.6 is 11.3 Å². The third-order valence-corrected chi connectivity index (χ3v) is 3.58. The first-order valence-electron chi connectivity index (χ1n) is 5.45. The van der Waals surface area contributed by atoms with Gasteiger partial charge < -0.3 is 10.4 Å². The Morgan fingerprint density at radius 3 is 2.94 bits per heavy atom. The number of carbonyl (C=O) groups is 1. The lowest BCUT2D eigenvalue weighted by Gasteiger charge is -2.03. The average Bonchev–Trinajstić information content (AvgIpc) is 2.73. The van der Waals surface area contributed by atoms with E-state index >= 15 is 0 Å². The molecule has 2 rings (SSSR count). The van der Waals surface area contributed by atoms with Crippen LogP contribution in [-0.2, 0) is 13.1 Å². The van der Waals surface area contributed by atoms with Crippen molar-refractivity contribution in [1.29, 1.82) is 0 Å². The molecule has 0 spiro atoms. The molecule has 2 N–H and O–H groups in total. The van der Waals surface area contributed by atoms with Crippen LogP contribution in [0.25, 0.3) is 0 Å². The van der Waals surface area contributed by atoms with Crippen molar-refractivity contribution in [2.45, 2.75) is 20.0 Å². The molecule has 0 bridgehead atoms. The Balaban J connectivity index is 1.92. The fraction of sp³-hybridized carbons (Fsp3) is 0.250. The second-order valence-electron chi connectivity index (χ2n) is 3.80. The Bertz CT molecular complexity index is 540. The van der Waals surface area contributed by atoms with E-state index in [0.717, 1.165) is 16.1 Å². The van der Waals surface area contributed by atoms with Crippen molar-refractivity contribution >= 4 is 17.3 Å². The molecule has 2 heterocycles. The van der Waals surface area contributed by atoms with Gasteiger partial charge in [0.15, 0.2) is 0 Å². The highest BCUT2D eigenvalue weighted by molar-refractivity contribution is 7.14. The van der Waals surface area contributed by atoms with E-state index in [1.807, 2.05) is 13.0 Å². The highest BCUT2D eigenvalue weighted by Crippen LogP contribution is 2.21. The lowest BCUT2D eigenvalue weighted by atomic mass is 10.2.